The first-order chi connectivity index (χ1) is 10.6. The zero-order valence-electron chi connectivity index (χ0n) is 11.7. The normalized spacial score (nSPS) is 10.8. The van der Waals surface area contributed by atoms with Crippen molar-refractivity contribution in [1.29, 1.82) is 0 Å². The van der Waals surface area contributed by atoms with E-state index in [-0.39, 0.29) is 10.6 Å². The fraction of sp³-hybridized carbons (Fsp3) is 0.133. The number of benzene rings is 1. The average Bonchev–Trinajstić information content (AvgIpc) is 2.90. The Morgan fingerprint density at radius 3 is 2.82 bits per heavy atom. The summed E-state index contributed by atoms with van der Waals surface area (Å²) in [6, 6.07) is 10.8. The van der Waals surface area contributed by atoms with Gasteiger partial charge in [0, 0.05) is 24.2 Å². The highest BCUT2D eigenvalue weighted by Crippen LogP contribution is 2.33. The molecule has 5 nitrogen and oxygen atoms in total. The van der Waals surface area contributed by atoms with E-state index in [4.69, 9.17) is 0 Å². The molecule has 112 valence electrons. The Morgan fingerprint density at radius 1 is 1.32 bits per heavy atom. The second kappa shape index (κ2) is 6.02. The SMILES string of the molecule is CN(Cc1ccc(Br)s1)c1ccc([N+](=O)[O-])c2cccnc12. The quantitative estimate of drug-likeness (QED) is 0.492. The summed E-state index contributed by atoms with van der Waals surface area (Å²) in [5.74, 6) is 0. The van der Waals surface area contributed by atoms with Crippen molar-refractivity contribution in [2.45, 2.75) is 6.54 Å². The van der Waals surface area contributed by atoms with Crippen molar-refractivity contribution in [3.8, 4) is 0 Å². The number of rotatable bonds is 4. The van der Waals surface area contributed by atoms with Crippen LogP contribution in [0.15, 0.2) is 46.4 Å². The fourth-order valence-corrected chi connectivity index (χ4v) is 3.90. The van der Waals surface area contributed by atoms with Crippen molar-refractivity contribution in [1.82, 2.24) is 4.98 Å². The third-order valence-corrected chi connectivity index (χ3v) is 4.96. The highest BCUT2D eigenvalue weighted by molar-refractivity contribution is 9.11. The predicted octanol–water partition coefficient (Wildman–Crippen LogP) is 4.60. The highest BCUT2D eigenvalue weighted by atomic mass is 79.9. The van der Waals surface area contributed by atoms with Crippen LogP contribution in [0.4, 0.5) is 11.4 Å². The third kappa shape index (κ3) is 2.82. The minimum Gasteiger partial charge on any atom is -0.368 e. The average molecular weight is 378 g/mol. The summed E-state index contributed by atoms with van der Waals surface area (Å²) in [4.78, 5) is 18.4. The maximum Gasteiger partial charge on any atom is 0.278 e. The van der Waals surface area contributed by atoms with Crippen molar-refractivity contribution in [2.75, 3.05) is 11.9 Å². The Morgan fingerprint density at radius 2 is 2.14 bits per heavy atom. The molecule has 22 heavy (non-hydrogen) atoms. The van der Waals surface area contributed by atoms with E-state index in [1.54, 1.807) is 41.8 Å². The number of hydrogen-bond acceptors (Lipinski definition) is 5. The lowest BCUT2D eigenvalue weighted by molar-refractivity contribution is -0.383. The Balaban J connectivity index is 2.03. The number of halogens is 1. The number of aromatic nitrogens is 1. The molecule has 7 heteroatoms. The molecule has 2 aromatic heterocycles. The zero-order chi connectivity index (χ0) is 15.7. The van der Waals surface area contributed by atoms with Gasteiger partial charge in [-0.2, -0.15) is 0 Å². The van der Waals surface area contributed by atoms with E-state index in [1.165, 1.54) is 4.88 Å². The van der Waals surface area contributed by atoms with Crippen molar-refractivity contribution >= 4 is 49.5 Å². The van der Waals surface area contributed by atoms with Gasteiger partial charge in [-0.25, -0.2) is 0 Å². The lowest BCUT2D eigenvalue weighted by Crippen LogP contribution is -2.16. The molecule has 0 saturated carbocycles. The van der Waals surface area contributed by atoms with Crippen LogP contribution in [0, 0.1) is 10.1 Å². The topological polar surface area (TPSA) is 59.3 Å². The molecule has 0 spiro atoms. The second-order valence-electron chi connectivity index (χ2n) is 4.82. The van der Waals surface area contributed by atoms with E-state index >= 15 is 0 Å². The summed E-state index contributed by atoms with van der Waals surface area (Å²) in [5.41, 5.74) is 1.61. The van der Waals surface area contributed by atoms with Gasteiger partial charge in [-0.15, -0.1) is 11.3 Å². The molecule has 0 N–H and O–H groups in total. The van der Waals surface area contributed by atoms with E-state index < -0.39 is 0 Å². The van der Waals surface area contributed by atoms with Crippen molar-refractivity contribution in [3.05, 3.63) is 61.4 Å². The zero-order valence-corrected chi connectivity index (χ0v) is 14.1. The number of thiophene rings is 1. The highest BCUT2D eigenvalue weighted by Gasteiger charge is 2.17. The predicted molar refractivity (Wildman–Crippen MR) is 92.5 cm³/mol. The van der Waals surface area contributed by atoms with Crippen LogP contribution in [0.3, 0.4) is 0 Å². The van der Waals surface area contributed by atoms with Gasteiger partial charge in [0.2, 0.25) is 0 Å². The van der Waals surface area contributed by atoms with Gasteiger partial charge >= 0.3 is 0 Å². The maximum atomic E-state index is 11.2. The van der Waals surface area contributed by atoms with Crippen molar-refractivity contribution in [2.24, 2.45) is 0 Å². The number of hydrogen-bond donors (Lipinski definition) is 0. The van der Waals surface area contributed by atoms with Crippen LogP contribution in [0.5, 0.6) is 0 Å². The van der Waals surface area contributed by atoms with Gasteiger partial charge in [0.25, 0.3) is 5.69 Å². The number of nitro groups is 1. The molecule has 3 rings (SSSR count). The molecule has 0 aliphatic carbocycles. The van der Waals surface area contributed by atoms with Gasteiger partial charge in [0.1, 0.15) is 5.52 Å². The van der Waals surface area contributed by atoms with Gasteiger partial charge in [-0.3, -0.25) is 15.1 Å². The summed E-state index contributed by atoms with van der Waals surface area (Å²) in [6.45, 7) is 0.722. The summed E-state index contributed by atoms with van der Waals surface area (Å²) in [5, 5.41) is 11.7. The molecule has 0 fully saturated rings. The summed E-state index contributed by atoms with van der Waals surface area (Å²) >= 11 is 5.13. The van der Waals surface area contributed by atoms with E-state index in [0.717, 1.165) is 16.0 Å². The lowest BCUT2D eigenvalue weighted by Gasteiger charge is -2.19. The molecular formula is C15H12BrN3O2S. The molecule has 0 unspecified atom stereocenters. The van der Waals surface area contributed by atoms with E-state index in [9.17, 15) is 10.1 Å². The first-order valence-corrected chi connectivity index (χ1v) is 8.14. The van der Waals surface area contributed by atoms with Gasteiger partial charge in [0.15, 0.2) is 0 Å². The molecule has 1 aromatic carbocycles. The minimum absolute atomic E-state index is 0.0825. The molecule has 0 amide bonds. The number of non-ortho nitro benzene ring substituents is 1. The molecule has 0 aliphatic heterocycles. The molecule has 0 bridgehead atoms. The van der Waals surface area contributed by atoms with Crippen LogP contribution in [0.25, 0.3) is 10.9 Å². The van der Waals surface area contributed by atoms with Crippen LogP contribution >= 0.6 is 27.3 Å². The Hall–Kier alpha value is -1.99. The van der Waals surface area contributed by atoms with E-state index in [1.807, 2.05) is 13.1 Å². The number of anilines is 1. The fourth-order valence-electron chi connectivity index (χ4n) is 2.37. The Labute approximate surface area is 139 Å². The van der Waals surface area contributed by atoms with Crippen LogP contribution in [0.2, 0.25) is 0 Å². The van der Waals surface area contributed by atoms with Gasteiger partial charge in [0.05, 0.1) is 26.3 Å². The summed E-state index contributed by atoms with van der Waals surface area (Å²) in [7, 11) is 1.96. The van der Waals surface area contributed by atoms with Gasteiger partial charge in [-0.1, -0.05) is 0 Å². The summed E-state index contributed by atoms with van der Waals surface area (Å²) < 4.78 is 1.09. The second-order valence-corrected chi connectivity index (χ2v) is 7.37. The lowest BCUT2D eigenvalue weighted by atomic mass is 10.1. The molecular weight excluding hydrogens is 366 g/mol. The Bertz CT molecular complexity index is 850. The smallest absolute Gasteiger partial charge is 0.278 e. The first kappa shape index (κ1) is 14.9. The van der Waals surface area contributed by atoms with Crippen LogP contribution < -0.4 is 4.90 Å². The van der Waals surface area contributed by atoms with E-state index in [0.29, 0.717) is 10.9 Å². The number of nitrogens with zero attached hydrogens (tertiary/aromatic N) is 3. The standard InChI is InChI=1S/C15H12BrN3O2S/c1-18(9-10-4-7-14(16)22-10)13-6-5-12(19(20)21)11-3-2-8-17-15(11)13/h2-8H,9H2,1H3. The molecule has 2 heterocycles. The molecule has 0 aliphatic rings. The first-order valence-electron chi connectivity index (χ1n) is 6.54. The van der Waals surface area contributed by atoms with Crippen LogP contribution in [-0.4, -0.2) is 17.0 Å². The van der Waals surface area contributed by atoms with Crippen LogP contribution in [-0.2, 0) is 6.54 Å². The van der Waals surface area contributed by atoms with Crippen molar-refractivity contribution in [3.63, 3.8) is 0 Å². The maximum absolute atomic E-state index is 11.2. The molecule has 0 radical (unpaired) electrons. The van der Waals surface area contributed by atoms with Gasteiger partial charge < -0.3 is 4.90 Å². The third-order valence-electron chi connectivity index (χ3n) is 3.36. The largest absolute Gasteiger partial charge is 0.368 e. The number of pyridine rings is 1. The van der Waals surface area contributed by atoms with Crippen LogP contribution in [0.1, 0.15) is 4.88 Å². The van der Waals surface area contributed by atoms with Crippen molar-refractivity contribution < 1.29 is 4.92 Å². The minimum atomic E-state index is -0.371. The van der Waals surface area contributed by atoms with E-state index in [2.05, 4.69) is 31.9 Å². The monoisotopic (exact) mass is 377 g/mol. The summed E-state index contributed by atoms with van der Waals surface area (Å²) in [6.07, 6.45) is 1.66. The molecule has 0 atom stereocenters. The van der Waals surface area contributed by atoms with Gasteiger partial charge in [-0.05, 0) is 46.3 Å². The number of fused-ring (bicyclic) bond motifs is 1. The number of nitro benzene ring substituents is 1. The Kier molecular flexibility index (Phi) is 4.08. The molecule has 3 aromatic rings. The molecule has 0 saturated heterocycles.